The first kappa shape index (κ1) is 29.1. The SMILES string of the molecule is CN1CCC[C@@]1(C)c1nnc2ccc(O[C@@H]3CC[C@H](NC(=O)Nc4cc(C(C)(C)C)ccc4CO)c4ccccc43)cn12. The van der Waals surface area contributed by atoms with Gasteiger partial charge in [0.15, 0.2) is 11.5 Å². The molecular formula is C34H42N6O3. The Morgan fingerprint density at radius 1 is 1.09 bits per heavy atom. The zero-order chi connectivity index (χ0) is 30.4. The van der Waals surface area contributed by atoms with E-state index in [0.29, 0.717) is 11.3 Å². The average Bonchev–Trinajstić information content (AvgIpc) is 3.56. The Hall–Kier alpha value is -3.95. The van der Waals surface area contributed by atoms with Crippen molar-refractivity contribution in [1.82, 2.24) is 24.8 Å². The number of likely N-dealkylation sites (tertiary alicyclic amines) is 1. The van der Waals surface area contributed by atoms with E-state index in [-0.39, 0.29) is 35.7 Å². The molecular weight excluding hydrogens is 540 g/mol. The highest BCUT2D eigenvalue weighted by Crippen LogP contribution is 2.40. The molecule has 9 nitrogen and oxygen atoms in total. The van der Waals surface area contributed by atoms with Crippen molar-refractivity contribution in [3.8, 4) is 5.75 Å². The van der Waals surface area contributed by atoms with E-state index in [2.05, 4.69) is 77.0 Å². The first-order valence-electron chi connectivity index (χ1n) is 15.2. The first-order chi connectivity index (χ1) is 20.6. The smallest absolute Gasteiger partial charge is 0.319 e. The molecule has 1 aliphatic carbocycles. The van der Waals surface area contributed by atoms with Gasteiger partial charge >= 0.3 is 6.03 Å². The molecule has 43 heavy (non-hydrogen) atoms. The lowest BCUT2D eigenvalue weighted by atomic mass is 9.85. The number of pyridine rings is 1. The van der Waals surface area contributed by atoms with Gasteiger partial charge in [0, 0.05) is 11.3 Å². The molecule has 9 heteroatoms. The van der Waals surface area contributed by atoms with Gasteiger partial charge in [-0.15, -0.1) is 10.2 Å². The molecule has 2 amide bonds. The molecule has 2 aromatic heterocycles. The fraction of sp³-hybridized carbons (Fsp3) is 0.441. The number of hydrogen-bond donors (Lipinski definition) is 3. The number of aromatic nitrogens is 3. The molecule has 1 saturated heterocycles. The number of nitrogens with one attached hydrogen (secondary N) is 2. The van der Waals surface area contributed by atoms with Gasteiger partial charge in [0.2, 0.25) is 0 Å². The minimum Gasteiger partial charge on any atom is -0.484 e. The van der Waals surface area contributed by atoms with E-state index in [1.165, 1.54) is 0 Å². The highest BCUT2D eigenvalue weighted by molar-refractivity contribution is 5.90. The topological polar surface area (TPSA) is 104 Å². The Morgan fingerprint density at radius 2 is 1.88 bits per heavy atom. The van der Waals surface area contributed by atoms with Crippen LogP contribution < -0.4 is 15.4 Å². The third-order valence-electron chi connectivity index (χ3n) is 9.27. The Labute approximate surface area is 253 Å². The van der Waals surface area contributed by atoms with Crippen LogP contribution in [0.2, 0.25) is 0 Å². The van der Waals surface area contributed by atoms with Crippen LogP contribution in [0.3, 0.4) is 0 Å². The second-order valence-electron chi connectivity index (χ2n) is 13.2. The molecule has 0 saturated carbocycles. The quantitative estimate of drug-likeness (QED) is 0.249. The fourth-order valence-electron chi connectivity index (χ4n) is 6.49. The van der Waals surface area contributed by atoms with Crippen molar-refractivity contribution in [2.45, 2.75) is 83.1 Å². The van der Waals surface area contributed by atoms with E-state index in [1.54, 1.807) is 0 Å². The van der Waals surface area contributed by atoms with Crippen molar-refractivity contribution in [3.63, 3.8) is 0 Å². The summed E-state index contributed by atoms with van der Waals surface area (Å²) in [4.78, 5) is 15.6. The predicted octanol–water partition coefficient (Wildman–Crippen LogP) is 6.24. The number of hydrogen-bond acceptors (Lipinski definition) is 6. The highest BCUT2D eigenvalue weighted by Gasteiger charge is 2.40. The maximum Gasteiger partial charge on any atom is 0.319 e. The van der Waals surface area contributed by atoms with Crippen molar-refractivity contribution in [3.05, 3.63) is 88.9 Å². The number of benzene rings is 2. The molecule has 0 spiro atoms. The standard InChI is InChI=1S/C34H42N6O3/c1-33(2,3)23-12-11-22(21-41)28(19-23)36-32(42)35-27-14-15-29(26-10-7-6-9-25(26)27)43-24-13-16-30-37-38-31(40(30)20-24)34(4)17-8-18-39(34)5/h6-7,9-13,16,19-20,27,29,41H,8,14-15,17-18,21H2,1-5H3,(H2,35,36,42)/t27-,29+,34-/m0/s1. The molecule has 3 heterocycles. The van der Waals surface area contributed by atoms with Crippen LogP contribution in [0.5, 0.6) is 5.75 Å². The molecule has 2 aromatic carbocycles. The van der Waals surface area contributed by atoms with Crippen LogP contribution >= 0.6 is 0 Å². The van der Waals surface area contributed by atoms with Crippen molar-refractivity contribution in [2.75, 3.05) is 18.9 Å². The molecule has 3 atom stereocenters. The van der Waals surface area contributed by atoms with Crippen molar-refractivity contribution >= 4 is 17.4 Å². The van der Waals surface area contributed by atoms with Gasteiger partial charge in [-0.25, -0.2) is 4.79 Å². The summed E-state index contributed by atoms with van der Waals surface area (Å²) < 4.78 is 8.68. The molecule has 3 N–H and O–H groups in total. The van der Waals surface area contributed by atoms with Crippen molar-refractivity contribution in [1.29, 1.82) is 0 Å². The number of rotatable bonds is 6. The summed E-state index contributed by atoms with van der Waals surface area (Å²) in [5.74, 6) is 1.70. The van der Waals surface area contributed by atoms with Gasteiger partial charge < -0.3 is 20.5 Å². The minimum absolute atomic E-state index is 0.0799. The van der Waals surface area contributed by atoms with E-state index in [9.17, 15) is 9.90 Å². The molecule has 1 fully saturated rings. The van der Waals surface area contributed by atoms with Crippen molar-refractivity contribution < 1.29 is 14.6 Å². The number of urea groups is 1. The lowest BCUT2D eigenvalue weighted by molar-refractivity contribution is 0.170. The van der Waals surface area contributed by atoms with E-state index in [4.69, 9.17) is 4.74 Å². The molecule has 0 unspecified atom stereocenters. The second-order valence-corrected chi connectivity index (χ2v) is 13.2. The maximum atomic E-state index is 13.2. The number of carbonyl (C=O) groups is 1. The first-order valence-corrected chi connectivity index (χ1v) is 15.2. The van der Waals surface area contributed by atoms with Crippen LogP contribution in [-0.4, -0.2) is 44.2 Å². The lowest BCUT2D eigenvalue weighted by Crippen LogP contribution is -2.37. The van der Waals surface area contributed by atoms with Crippen LogP contribution in [0.1, 0.15) is 93.6 Å². The summed E-state index contributed by atoms with van der Waals surface area (Å²) in [5, 5.41) is 25.0. The molecule has 226 valence electrons. The maximum absolute atomic E-state index is 13.2. The Bertz CT molecular complexity index is 1640. The Morgan fingerprint density at radius 3 is 2.60 bits per heavy atom. The number of carbonyl (C=O) groups excluding carboxylic acids is 1. The number of fused-ring (bicyclic) bond motifs is 2. The fourth-order valence-corrected chi connectivity index (χ4v) is 6.49. The molecule has 2 aliphatic rings. The van der Waals surface area contributed by atoms with Gasteiger partial charge in [-0.2, -0.15) is 0 Å². The Kier molecular flexibility index (Phi) is 7.64. The van der Waals surface area contributed by atoms with Crippen LogP contribution in [-0.2, 0) is 17.6 Å². The number of anilines is 1. The van der Waals surface area contributed by atoms with Gasteiger partial charge in [0.05, 0.1) is 24.4 Å². The highest BCUT2D eigenvalue weighted by atomic mass is 16.5. The summed E-state index contributed by atoms with van der Waals surface area (Å²) in [5.41, 5.74) is 5.07. The monoisotopic (exact) mass is 582 g/mol. The largest absolute Gasteiger partial charge is 0.484 e. The van der Waals surface area contributed by atoms with Crippen LogP contribution in [0.4, 0.5) is 10.5 Å². The van der Waals surface area contributed by atoms with E-state index >= 15 is 0 Å². The lowest BCUT2D eigenvalue weighted by Gasteiger charge is -2.32. The van der Waals surface area contributed by atoms with Crippen molar-refractivity contribution in [2.24, 2.45) is 0 Å². The third kappa shape index (κ3) is 5.59. The Balaban J connectivity index is 1.20. The summed E-state index contributed by atoms with van der Waals surface area (Å²) >= 11 is 0. The molecule has 4 aromatic rings. The normalized spacial score (nSPS) is 22.4. The molecule has 0 radical (unpaired) electrons. The van der Waals surface area contributed by atoms with Gasteiger partial charge in [0.25, 0.3) is 0 Å². The van der Waals surface area contributed by atoms with Gasteiger partial charge in [-0.3, -0.25) is 9.30 Å². The summed E-state index contributed by atoms with van der Waals surface area (Å²) in [6, 6.07) is 17.4. The van der Waals surface area contributed by atoms with E-state index in [1.807, 2.05) is 48.7 Å². The van der Waals surface area contributed by atoms with Crippen LogP contribution in [0, 0.1) is 0 Å². The van der Waals surface area contributed by atoms with Gasteiger partial charge in [-0.05, 0) is 86.5 Å². The summed E-state index contributed by atoms with van der Waals surface area (Å²) in [6.45, 7) is 9.50. The number of amides is 2. The molecule has 0 bridgehead atoms. The van der Waals surface area contributed by atoms with Gasteiger partial charge in [-0.1, -0.05) is 57.2 Å². The van der Waals surface area contributed by atoms with E-state index in [0.717, 1.165) is 66.1 Å². The number of ether oxygens (including phenoxy) is 1. The average molecular weight is 583 g/mol. The molecule has 1 aliphatic heterocycles. The van der Waals surface area contributed by atoms with E-state index < -0.39 is 0 Å². The summed E-state index contributed by atoms with van der Waals surface area (Å²) in [6.07, 6.45) is 5.51. The van der Waals surface area contributed by atoms with Gasteiger partial charge in [0.1, 0.15) is 11.9 Å². The number of aliphatic hydroxyl groups is 1. The predicted molar refractivity (Wildman–Crippen MR) is 167 cm³/mol. The third-order valence-corrected chi connectivity index (χ3v) is 9.27. The van der Waals surface area contributed by atoms with Crippen LogP contribution in [0.15, 0.2) is 60.8 Å². The second kappa shape index (κ2) is 11.3. The number of nitrogens with zero attached hydrogens (tertiary/aromatic N) is 4. The zero-order valence-corrected chi connectivity index (χ0v) is 25.7. The molecule has 6 rings (SSSR count). The minimum atomic E-state index is -0.295. The number of aliphatic hydroxyl groups excluding tert-OH is 1. The van der Waals surface area contributed by atoms with Crippen LogP contribution in [0.25, 0.3) is 5.65 Å². The zero-order valence-electron chi connectivity index (χ0n) is 25.7. The summed E-state index contributed by atoms with van der Waals surface area (Å²) in [7, 11) is 2.15.